The minimum absolute atomic E-state index is 0.166. The molecule has 0 radical (unpaired) electrons. The molecule has 0 fully saturated rings. The van der Waals surface area contributed by atoms with Gasteiger partial charge in [-0.15, -0.1) is 0 Å². The average Bonchev–Trinajstić information content (AvgIpc) is 3.31. The van der Waals surface area contributed by atoms with Crippen molar-refractivity contribution >= 4 is 42.6 Å². The van der Waals surface area contributed by atoms with Gasteiger partial charge in [0, 0.05) is 24.7 Å². The van der Waals surface area contributed by atoms with E-state index >= 15 is 0 Å². The van der Waals surface area contributed by atoms with Crippen LogP contribution in [0.1, 0.15) is 29.8 Å². The third-order valence-corrected chi connectivity index (χ3v) is 8.81. The van der Waals surface area contributed by atoms with Crippen molar-refractivity contribution in [3.63, 3.8) is 0 Å². The summed E-state index contributed by atoms with van der Waals surface area (Å²) in [6.07, 6.45) is 0. The Balaban J connectivity index is 1.70. The van der Waals surface area contributed by atoms with E-state index < -0.39 is 10.0 Å². The summed E-state index contributed by atoms with van der Waals surface area (Å²) in [5.74, 6) is 0.437. The molecule has 0 aliphatic rings. The Labute approximate surface area is 209 Å². The molecule has 9 heteroatoms. The lowest BCUT2D eigenvalue weighted by atomic mass is 10.1. The van der Waals surface area contributed by atoms with Crippen LogP contribution < -0.4 is 9.64 Å². The van der Waals surface area contributed by atoms with Crippen molar-refractivity contribution < 1.29 is 17.9 Å². The van der Waals surface area contributed by atoms with Gasteiger partial charge in [0.25, 0.3) is 5.91 Å². The Hall–Kier alpha value is -3.27. The first-order chi connectivity index (χ1) is 16.9. The number of fused-ring (bicyclic) bond motifs is 1. The molecule has 0 aliphatic heterocycles. The molecule has 35 heavy (non-hydrogen) atoms. The summed E-state index contributed by atoms with van der Waals surface area (Å²) in [5.41, 5.74) is 2.09. The summed E-state index contributed by atoms with van der Waals surface area (Å²) in [7, 11) is -2.00. The van der Waals surface area contributed by atoms with Crippen LogP contribution >= 0.6 is 11.3 Å². The summed E-state index contributed by atoms with van der Waals surface area (Å²) in [6.45, 7) is 4.69. The van der Waals surface area contributed by atoms with Gasteiger partial charge >= 0.3 is 0 Å². The number of benzene rings is 3. The zero-order valence-corrected chi connectivity index (χ0v) is 21.5. The minimum Gasteiger partial charge on any atom is -0.497 e. The van der Waals surface area contributed by atoms with E-state index in [0.717, 1.165) is 15.8 Å². The topological polar surface area (TPSA) is 79.8 Å². The minimum atomic E-state index is -3.60. The van der Waals surface area contributed by atoms with Gasteiger partial charge in [0.15, 0.2) is 5.13 Å². The second-order valence-corrected chi connectivity index (χ2v) is 10.8. The van der Waals surface area contributed by atoms with E-state index in [-0.39, 0.29) is 10.8 Å². The van der Waals surface area contributed by atoms with Crippen LogP contribution in [0.3, 0.4) is 0 Å². The number of anilines is 1. The number of rotatable bonds is 9. The molecule has 3 aromatic carbocycles. The van der Waals surface area contributed by atoms with Gasteiger partial charge in [-0.25, -0.2) is 13.4 Å². The van der Waals surface area contributed by atoms with E-state index in [9.17, 15) is 13.2 Å². The number of aromatic nitrogens is 1. The molecule has 0 atom stereocenters. The maximum Gasteiger partial charge on any atom is 0.260 e. The lowest BCUT2D eigenvalue weighted by Crippen LogP contribution is -2.31. The van der Waals surface area contributed by atoms with E-state index in [1.165, 1.54) is 27.8 Å². The highest BCUT2D eigenvalue weighted by Gasteiger charge is 2.25. The molecular weight excluding hydrogens is 482 g/mol. The molecule has 7 nitrogen and oxygen atoms in total. The van der Waals surface area contributed by atoms with Crippen LogP contribution in [0.15, 0.2) is 77.7 Å². The molecule has 0 unspecified atom stereocenters. The summed E-state index contributed by atoms with van der Waals surface area (Å²) < 4.78 is 33.3. The van der Waals surface area contributed by atoms with Gasteiger partial charge < -0.3 is 4.74 Å². The Morgan fingerprint density at radius 3 is 2.29 bits per heavy atom. The molecule has 0 N–H and O–H groups in total. The maximum absolute atomic E-state index is 13.7. The molecular formula is C26H27N3O4S2. The predicted molar refractivity (Wildman–Crippen MR) is 140 cm³/mol. The smallest absolute Gasteiger partial charge is 0.260 e. The highest BCUT2D eigenvalue weighted by Crippen LogP contribution is 2.33. The number of amides is 1. The highest BCUT2D eigenvalue weighted by atomic mass is 32.2. The van der Waals surface area contributed by atoms with Crippen LogP contribution in [0.5, 0.6) is 5.75 Å². The Morgan fingerprint density at radius 1 is 0.971 bits per heavy atom. The van der Waals surface area contributed by atoms with Crippen molar-refractivity contribution in [1.29, 1.82) is 0 Å². The van der Waals surface area contributed by atoms with Crippen LogP contribution in [0.2, 0.25) is 0 Å². The van der Waals surface area contributed by atoms with Gasteiger partial charge in [0.1, 0.15) is 5.75 Å². The van der Waals surface area contributed by atoms with E-state index in [0.29, 0.717) is 36.1 Å². The fourth-order valence-electron chi connectivity index (χ4n) is 3.77. The first-order valence-electron chi connectivity index (χ1n) is 11.3. The zero-order valence-electron chi connectivity index (χ0n) is 19.8. The quantitative estimate of drug-likeness (QED) is 0.311. The number of hydrogen-bond donors (Lipinski definition) is 0. The number of sulfonamides is 1. The third kappa shape index (κ3) is 5.22. The summed E-state index contributed by atoms with van der Waals surface area (Å²) in [4.78, 5) is 20.2. The molecule has 182 valence electrons. The standard InChI is InChI=1S/C26H27N3O4S2/c1-4-28(5-2)35(31,32)22-14-11-20(12-15-22)25(30)29(18-19-9-7-6-8-10-19)26-27-23-17-21(33-3)13-16-24(23)34-26/h6-17H,4-5,18H2,1-3H3. The number of thiazole rings is 1. The fraction of sp³-hybridized carbons (Fsp3) is 0.231. The number of carbonyl (C=O) groups excluding carboxylic acids is 1. The monoisotopic (exact) mass is 509 g/mol. The van der Waals surface area contributed by atoms with Crippen molar-refractivity contribution in [3.8, 4) is 5.75 Å². The van der Waals surface area contributed by atoms with Gasteiger partial charge in [0.2, 0.25) is 10.0 Å². The SMILES string of the molecule is CCN(CC)S(=O)(=O)c1ccc(C(=O)N(Cc2ccccc2)c2nc3cc(OC)ccc3s2)cc1. The first-order valence-corrected chi connectivity index (χ1v) is 13.5. The first kappa shape index (κ1) is 24.8. The molecule has 1 aromatic heterocycles. The van der Waals surface area contributed by atoms with Gasteiger partial charge in [-0.3, -0.25) is 9.69 Å². The number of hydrogen-bond acceptors (Lipinski definition) is 6. The molecule has 0 bridgehead atoms. The molecule has 1 amide bonds. The zero-order chi connectivity index (χ0) is 25.0. The van der Waals surface area contributed by atoms with Gasteiger partial charge in [-0.05, 0) is 42.0 Å². The second kappa shape index (κ2) is 10.6. The summed E-state index contributed by atoms with van der Waals surface area (Å²) in [5, 5.41) is 0.557. The highest BCUT2D eigenvalue weighted by molar-refractivity contribution is 7.89. The van der Waals surface area contributed by atoms with Crippen LogP contribution in [0, 0.1) is 0 Å². The summed E-state index contributed by atoms with van der Waals surface area (Å²) >= 11 is 1.42. The van der Waals surface area contributed by atoms with Gasteiger partial charge in [-0.1, -0.05) is 55.5 Å². The molecule has 4 rings (SSSR count). The van der Waals surface area contributed by atoms with E-state index in [1.54, 1.807) is 38.0 Å². The lowest BCUT2D eigenvalue weighted by molar-refractivity contribution is 0.0985. The Morgan fingerprint density at radius 2 is 1.66 bits per heavy atom. The van der Waals surface area contributed by atoms with Crippen molar-refractivity contribution in [2.75, 3.05) is 25.1 Å². The molecule has 0 spiro atoms. The van der Waals surface area contributed by atoms with Crippen molar-refractivity contribution in [2.45, 2.75) is 25.3 Å². The van der Waals surface area contributed by atoms with Crippen LogP contribution in [0.25, 0.3) is 10.2 Å². The lowest BCUT2D eigenvalue weighted by Gasteiger charge is -2.21. The van der Waals surface area contributed by atoms with Crippen LogP contribution in [-0.2, 0) is 16.6 Å². The number of methoxy groups -OCH3 is 1. The Bertz CT molecular complexity index is 1410. The fourth-order valence-corrected chi connectivity index (χ4v) is 6.17. The van der Waals surface area contributed by atoms with Gasteiger partial charge in [-0.2, -0.15) is 4.31 Å². The van der Waals surface area contributed by atoms with Crippen molar-refractivity contribution in [2.24, 2.45) is 0 Å². The number of carbonyl (C=O) groups is 1. The third-order valence-electron chi connectivity index (χ3n) is 5.69. The molecule has 0 saturated heterocycles. The Kier molecular flexibility index (Phi) is 7.49. The normalized spacial score (nSPS) is 11.7. The van der Waals surface area contributed by atoms with E-state index in [2.05, 4.69) is 0 Å². The van der Waals surface area contributed by atoms with E-state index in [4.69, 9.17) is 9.72 Å². The molecule has 0 aliphatic carbocycles. The molecule has 0 saturated carbocycles. The summed E-state index contributed by atoms with van der Waals surface area (Å²) in [6, 6.07) is 21.4. The van der Waals surface area contributed by atoms with Crippen molar-refractivity contribution in [3.05, 3.63) is 83.9 Å². The predicted octanol–water partition coefficient (Wildman–Crippen LogP) is 5.18. The van der Waals surface area contributed by atoms with Crippen LogP contribution in [-0.4, -0.2) is 43.8 Å². The van der Waals surface area contributed by atoms with Gasteiger partial charge in [0.05, 0.1) is 28.8 Å². The molecule has 4 aromatic rings. The average molecular weight is 510 g/mol. The molecule has 1 heterocycles. The largest absolute Gasteiger partial charge is 0.497 e. The van der Waals surface area contributed by atoms with Crippen LogP contribution in [0.4, 0.5) is 5.13 Å². The van der Waals surface area contributed by atoms with E-state index in [1.807, 2.05) is 48.5 Å². The number of ether oxygens (including phenoxy) is 1. The number of nitrogens with zero attached hydrogens (tertiary/aromatic N) is 3. The van der Waals surface area contributed by atoms with Crippen molar-refractivity contribution in [1.82, 2.24) is 9.29 Å². The second-order valence-electron chi connectivity index (χ2n) is 7.82. The maximum atomic E-state index is 13.7.